The number of benzene rings is 2. The maximum atomic E-state index is 12.9. The fourth-order valence-electron chi connectivity index (χ4n) is 3.92. The zero-order valence-electron chi connectivity index (χ0n) is 16.9. The molecule has 0 saturated carbocycles. The van der Waals surface area contributed by atoms with Crippen molar-refractivity contribution in [3.05, 3.63) is 76.3 Å². The van der Waals surface area contributed by atoms with Crippen molar-refractivity contribution in [3.63, 3.8) is 0 Å². The molecule has 7 heteroatoms. The Morgan fingerprint density at radius 1 is 1.10 bits per heavy atom. The Morgan fingerprint density at radius 2 is 1.84 bits per heavy atom. The van der Waals surface area contributed by atoms with Crippen LogP contribution < -0.4 is 5.32 Å². The number of nitrogens with zero attached hydrogens (tertiary/aromatic N) is 1. The number of piperidine rings is 1. The summed E-state index contributed by atoms with van der Waals surface area (Å²) in [4.78, 5) is 39.0. The van der Waals surface area contributed by atoms with Crippen LogP contribution >= 0.6 is 11.6 Å². The largest absolute Gasteiger partial charge is 0.448 e. The van der Waals surface area contributed by atoms with E-state index >= 15 is 0 Å². The fraction of sp³-hybridized carbons (Fsp3) is 0.292. The zero-order chi connectivity index (χ0) is 21.8. The van der Waals surface area contributed by atoms with Crippen LogP contribution in [0.4, 0.5) is 0 Å². The van der Waals surface area contributed by atoms with Crippen molar-refractivity contribution >= 4 is 35.5 Å². The molecule has 2 amide bonds. The summed E-state index contributed by atoms with van der Waals surface area (Å²) in [5, 5.41) is 3.45. The molecule has 2 aromatic rings. The summed E-state index contributed by atoms with van der Waals surface area (Å²) in [7, 11) is 0. The summed E-state index contributed by atoms with van der Waals surface area (Å²) < 4.78 is 5.38. The molecule has 6 nitrogen and oxygen atoms in total. The van der Waals surface area contributed by atoms with Crippen LogP contribution in [0.15, 0.2) is 54.6 Å². The Hall–Kier alpha value is -3.12. The predicted molar refractivity (Wildman–Crippen MR) is 118 cm³/mol. The number of rotatable bonds is 4. The van der Waals surface area contributed by atoms with Crippen molar-refractivity contribution in [1.82, 2.24) is 10.2 Å². The highest BCUT2D eigenvalue weighted by Gasteiger charge is 2.35. The van der Waals surface area contributed by atoms with Crippen LogP contribution in [0.25, 0.3) is 6.08 Å². The summed E-state index contributed by atoms with van der Waals surface area (Å²) in [5.41, 5.74) is 2.15. The first-order valence-electron chi connectivity index (χ1n) is 10.3. The van der Waals surface area contributed by atoms with Gasteiger partial charge in [0.2, 0.25) is 5.91 Å². The first kappa shape index (κ1) is 21.1. The number of esters is 1. The summed E-state index contributed by atoms with van der Waals surface area (Å²) >= 11 is 5.95. The molecule has 2 aliphatic heterocycles. The van der Waals surface area contributed by atoms with Gasteiger partial charge in [-0.15, -0.1) is 0 Å². The Bertz CT molecular complexity index is 1010. The van der Waals surface area contributed by atoms with Gasteiger partial charge in [-0.3, -0.25) is 9.59 Å². The van der Waals surface area contributed by atoms with Gasteiger partial charge < -0.3 is 15.0 Å². The molecule has 2 aliphatic rings. The molecule has 0 aliphatic carbocycles. The monoisotopic (exact) mass is 438 g/mol. The van der Waals surface area contributed by atoms with E-state index in [2.05, 4.69) is 5.32 Å². The van der Waals surface area contributed by atoms with Crippen LogP contribution in [-0.2, 0) is 20.7 Å². The lowest BCUT2D eigenvalue weighted by Gasteiger charge is -2.35. The number of nitrogens with one attached hydrogen (secondary N) is 1. The van der Waals surface area contributed by atoms with Crippen molar-refractivity contribution in [2.24, 2.45) is 0 Å². The van der Waals surface area contributed by atoms with Gasteiger partial charge in [0.1, 0.15) is 0 Å². The van der Waals surface area contributed by atoms with Gasteiger partial charge in [0.15, 0.2) is 6.10 Å². The van der Waals surface area contributed by atoms with Crippen molar-refractivity contribution in [2.45, 2.75) is 31.4 Å². The van der Waals surface area contributed by atoms with Crippen molar-refractivity contribution < 1.29 is 19.1 Å². The highest BCUT2D eigenvalue weighted by molar-refractivity contribution is 6.31. The predicted octanol–water partition coefficient (Wildman–Crippen LogP) is 3.24. The molecule has 2 heterocycles. The molecular formula is C24H23ClN2O4. The van der Waals surface area contributed by atoms with E-state index < -0.39 is 12.1 Å². The van der Waals surface area contributed by atoms with E-state index in [0.717, 1.165) is 11.1 Å². The third-order valence-corrected chi connectivity index (χ3v) is 5.84. The van der Waals surface area contributed by atoms with Crippen LogP contribution in [0.1, 0.15) is 34.3 Å². The number of cyclic esters (lactones) is 1. The van der Waals surface area contributed by atoms with Gasteiger partial charge in [-0.1, -0.05) is 48.0 Å². The number of hydrogen-bond donors (Lipinski definition) is 1. The molecule has 1 N–H and O–H groups in total. The van der Waals surface area contributed by atoms with E-state index in [-0.39, 0.29) is 17.9 Å². The maximum absolute atomic E-state index is 12.9. The van der Waals surface area contributed by atoms with Gasteiger partial charge in [0.25, 0.3) is 5.91 Å². The molecule has 0 spiro atoms. The van der Waals surface area contributed by atoms with Gasteiger partial charge >= 0.3 is 5.97 Å². The molecule has 1 atom stereocenters. The molecule has 0 radical (unpaired) electrons. The fourth-order valence-corrected chi connectivity index (χ4v) is 4.09. The Balaban J connectivity index is 1.28. The van der Waals surface area contributed by atoms with Gasteiger partial charge in [0, 0.05) is 36.7 Å². The number of carbonyl (C=O) groups is 3. The smallest absolute Gasteiger partial charge is 0.339 e. The highest BCUT2D eigenvalue weighted by atomic mass is 35.5. The molecule has 1 unspecified atom stereocenters. The number of likely N-dealkylation sites (tertiary alicyclic amines) is 1. The second kappa shape index (κ2) is 9.35. The number of hydrogen-bond acceptors (Lipinski definition) is 4. The lowest BCUT2D eigenvalue weighted by atomic mass is 9.97. The summed E-state index contributed by atoms with van der Waals surface area (Å²) in [6.45, 7) is 1.02. The van der Waals surface area contributed by atoms with Crippen LogP contribution in [0, 0.1) is 0 Å². The van der Waals surface area contributed by atoms with E-state index in [4.69, 9.17) is 16.3 Å². The topological polar surface area (TPSA) is 75.7 Å². The molecule has 2 aromatic carbocycles. The van der Waals surface area contributed by atoms with Gasteiger partial charge in [0.05, 0.1) is 5.56 Å². The zero-order valence-corrected chi connectivity index (χ0v) is 17.7. The van der Waals surface area contributed by atoms with Crippen molar-refractivity contribution in [2.75, 3.05) is 13.1 Å². The minimum absolute atomic E-state index is 0.00810. The molecule has 1 fully saturated rings. The average molecular weight is 439 g/mol. The molecule has 0 aromatic heterocycles. The molecule has 31 heavy (non-hydrogen) atoms. The number of ether oxygens (including phenoxy) is 1. The normalized spacial score (nSPS) is 19.1. The Labute approximate surface area is 185 Å². The summed E-state index contributed by atoms with van der Waals surface area (Å²) in [6, 6.07) is 14.7. The minimum atomic E-state index is -0.818. The molecule has 1 saturated heterocycles. The lowest BCUT2D eigenvalue weighted by molar-refractivity contribution is -0.142. The molecule has 0 bridgehead atoms. The molecule has 160 valence electrons. The first-order chi connectivity index (χ1) is 15.0. The second-order valence-corrected chi connectivity index (χ2v) is 8.19. The van der Waals surface area contributed by atoms with E-state index in [1.165, 1.54) is 6.08 Å². The SMILES string of the molecule is O=C(/C=C/c1ccccc1)NC1CCN(C(=O)C2Cc3ccc(Cl)cc3C(=O)O2)CC1. The van der Waals surface area contributed by atoms with E-state index in [1.807, 2.05) is 30.3 Å². The highest BCUT2D eigenvalue weighted by Crippen LogP contribution is 2.25. The molecular weight excluding hydrogens is 416 g/mol. The lowest BCUT2D eigenvalue weighted by Crippen LogP contribution is -2.50. The quantitative estimate of drug-likeness (QED) is 0.587. The molecule has 4 rings (SSSR count). The van der Waals surface area contributed by atoms with Crippen LogP contribution in [0.3, 0.4) is 0 Å². The first-order valence-corrected chi connectivity index (χ1v) is 10.7. The minimum Gasteiger partial charge on any atom is -0.448 e. The van der Waals surface area contributed by atoms with E-state index in [0.29, 0.717) is 42.9 Å². The van der Waals surface area contributed by atoms with Gasteiger partial charge in [-0.25, -0.2) is 4.79 Å². The van der Waals surface area contributed by atoms with Crippen LogP contribution in [0.5, 0.6) is 0 Å². The van der Waals surface area contributed by atoms with Crippen molar-refractivity contribution in [3.8, 4) is 0 Å². The van der Waals surface area contributed by atoms with E-state index in [1.54, 1.807) is 29.2 Å². The maximum Gasteiger partial charge on any atom is 0.339 e. The summed E-state index contributed by atoms with van der Waals surface area (Å²) in [5.74, 6) is -0.859. The third kappa shape index (κ3) is 5.14. The number of fused-ring (bicyclic) bond motifs is 1. The number of halogens is 1. The standard InChI is InChI=1S/C24H23ClN2O4/c25-18-8-7-17-14-21(31-24(30)20(17)15-18)23(29)27-12-10-19(11-13-27)26-22(28)9-6-16-4-2-1-3-5-16/h1-9,15,19,21H,10-14H2,(H,26,28)/b9-6+. The Morgan fingerprint density at radius 3 is 2.58 bits per heavy atom. The number of amides is 2. The third-order valence-electron chi connectivity index (χ3n) is 5.60. The van der Waals surface area contributed by atoms with Crippen LogP contribution in [0.2, 0.25) is 5.02 Å². The van der Waals surface area contributed by atoms with E-state index in [9.17, 15) is 14.4 Å². The Kier molecular flexibility index (Phi) is 6.37. The van der Waals surface area contributed by atoms with Gasteiger partial charge in [-0.05, 0) is 42.2 Å². The van der Waals surface area contributed by atoms with Crippen molar-refractivity contribution in [1.29, 1.82) is 0 Å². The number of carbonyl (C=O) groups excluding carboxylic acids is 3. The summed E-state index contributed by atoms with van der Waals surface area (Å²) in [6.07, 6.45) is 4.14. The second-order valence-electron chi connectivity index (χ2n) is 7.75. The van der Waals surface area contributed by atoms with Crippen LogP contribution in [-0.4, -0.2) is 47.9 Å². The van der Waals surface area contributed by atoms with Gasteiger partial charge in [-0.2, -0.15) is 0 Å². The average Bonchev–Trinajstić information content (AvgIpc) is 2.79.